The number of methoxy groups -OCH3 is 1. The van der Waals surface area contributed by atoms with Crippen molar-refractivity contribution in [2.24, 2.45) is 0 Å². The van der Waals surface area contributed by atoms with Gasteiger partial charge >= 0.3 is 0 Å². The number of hydrogen-bond acceptors (Lipinski definition) is 3. The summed E-state index contributed by atoms with van der Waals surface area (Å²) in [5.74, 6) is 1.70. The minimum absolute atomic E-state index is 0.591. The standard InChI is InChI=1S/C16H18BrNO2/c1-12-6-7-16(19-2)15(10-12)18-8-9-20-14-5-3-4-13(17)11-14/h3-7,10-11,18H,8-9H2,1-2H3. The van der Waals surface area contributed by atoms with E-state index in [1.54, 1.807) is 7.11 Å². The molecular weight excluding hydrogens is 318 g/mol. The molecule has 0 radical (unpaired) electrons. The average molecular weight is 336 g/mol. The highest BCUT2D eigenvalue weighted by atomic mass is 79.9. The Balaban J connectivity index is 1.85. The topological polar surface area (TPSA) is 30.5 Å². The number of benzene rings is 2. The Labute approximate surface area is 128 Å². The molecule has 2 aromatic rings. The van der Waals surface area contributed by atoms with Gasteiger partial charge in [-0.3, -0.25) is 0 Å². The van der Waals surface area contributed by atoms with Gasteiger partial charge in [0.1, 0.15) is 18.1 Å². The molecular formula is C16H18BrNO2. The number of hydrogen-bond donors (Lipinski definition) is 1. The van der Waals surface area contributed by atoms with Crippen molar-refractivity contribution < 1.29 is 9.47 Å². The zero-order chi connectivity index (χ0) is 14.4. The van der Waals surface area contributed by atoms with E-state index in [1.807, 2.05) is 36.4 Å². The van der Waals surface area contributed by atoms with E-state index in [0.717, 1.165) is 21.7 Å². The van der Waals surface area contributed by atoms with Crippen LogP contribution in [-0.2, 0) is 0 Å². The number of aryl methyl sites for hydroxylation is 1. The van der Waals surface area contributed by atoms with Gasteiger partial charge in [0, 0.05) is 11.0 Å². The lowest BCUT2D eigenvalue weighted by Gasteiger charge is -2.12. The molecule has 1 N–H and O–H groups in total. The van der Waals surface area contributed by atoms with Gasteiger partial charge in [0.2, 0.25) is 0 Å². The number of ether oxygens (including phenoxy) is 2. The lowest BCUT2D eigenvalue weighted by molar-refractivity contribution is 0.332. The molecule has 0 heterocycles. The fourth-order valence-electron chi connectivity index (χ4n) is 1.87. The van der Waals surface area contributed by atoms with Gasteiger partial charge in [-0.2, -0.15) is 0 Å². The van der Waals surface area contributed by atoms with Crippen LogP contribution < -0.4 is 14.8 Å². The highest BCUT2D eigenvalue weighted by molar-refractivity contribution is 9.10. The molecule has 2 rings (SSSR count). The van der Waals surface area contributed by atoms with E-state index < -0.39 is 0 Å². The first-order valence-corrected chi connectivity index (χ1v) is 7.25. The van der Waals surface area contributed by atoms with Crippen LogP contribution >= 0.6 is 15.9 Å². The maximum Gasteiger partial charge on any atom is 0.141 e. The zero-order valence-corrected chi connectivity index (χ0v) is 13.2. The Bertz CT molecular complexity index is 572. The molecule has 0 aliphatic heterocycles. The van der Waals surface area contributed by atoms with Gasteiger partial charge in [-0.25, -0.2) is 0 Å². The van der Waals surface area contributed by atoms with E-state index in [0.29, 0.717) is 13.2 Å². The number of anilines is 1. The first-order valence-electron chi connectivity index (χ1n) is 6.46. The number of nitrogens with one attached hydrogen (secondary N) is 1. The highest BCUT2D eigenvalue weighted by Crippen LogP contribution is 2.25. The summed E-state index contributed by atoms with van der Waals surface area (Å²) in [6, 6.07) is 13.9. The number of rotatable bonds is 6. The SMILES string of the molecule is COc1ccc(C)cc1NCCOc1cccc(Br)c1. The first kappa shape index (κ1) is 14.7. The van der Waals surface area contributed by atoms with Crippen LogP contribution in [-0.4, -0.2) is 20.3 Å². The van der Waals surface area contributed by atoms with E-state index >= 15 is 0 Å². The largest absolute Gasteiger partial charge is 0.495 e. The fourth-order valence-corrected chi connectivity index (χ4v) is 2.25. The molecule has 0 atom stereocenters. The maximum absolute atomic E-state index is 5.68. The molecule has 2 aromatic carbocycles. The molecule has 0 aliphatic carbocycles. The van der Waals surface area contributed by atoms with Gasteiger partial charge in [0.05, 0.1) is 12.8 Å². The summed E-state index contributed by atoms with van der Waals surface area (Å²) in [5.41, 5.74) is 2.19. The van der Waals surface area contributed by atoms with E-state index in [9.17, 15) is 0 Å². The van der Waals surface area contributed by atoms with Crippen molar-refractivity contribution in [1.29, 1.82) is 0 Å². The molecule has 4 heteroatoms. The predicted octanol–water partition coefficient (Wildman–Crippen LogP) is 4.26. The van der Waals surface area contributed by atoms with Crippen LogP contribution in [0.5, 0.6) is 11.5 Å². The summed E-state index contributed by atoms with van der Waals surface area (Å²) >= 11 is 3.42. The molecule has 0 saturated carbocycles. The lowest BCUT2D eigenvalue weighted by atomic mass is 10.2. The molecule has 0 amide bonds. The summed E-state index contributed by atoms with van der Waals surface area (Å²) in [6.45, 7) is 3.36. The second kappa shape index (κ2) is 7.20. The summed E-state index contributed by atoms with van der Waals surface area (Å²) in [5, 5.41) is 3.33. The maximum atomic E-state index is 5.68. The molecule has 20 heavy (non-hydrogen) atoms. The monoisotopic (exact) mass is 335 g/mol. The van der Waals surface area contributed by atoms with Crippen LogP contribution in [0.3, 0.4) is 0 Å². The smallest absolute Gasteiger partial charge is 0.141 e. The third-order valence-electron chi connectivity index (χ3n) is 2.84. The van der Waals surface area contributed by atoms with Crippen LogP contribution in [0.4, 0.5) is 5.69 Å². The van der Waals surface area contributed by atoms with Crippen molar-refractivity contribution in [2.75, 3.05) is 25.6 Å². The molecule has 0 spiro atoms. The normalized spacial score (nSPS) is 10.2. The Morgan fingerprint density at radius 1 is 1.15 bits per heavy atom. The Kier molecular flexibility index (Phi) is 5.30. The fraction of sp³-hybridized carbons (Fsp3) is 0.250. The second-order valence-electron chi connectivity index (χ2n) is 4.44. The zero-order valence-electron chi connectivity index (χ0n) is 11.7. The highest BCUT2D eigenvalue weighted by Gasteiger charge is 2.02. The van der Waals surface area contributed by atoms with E-state index in [1.165, 1.54) is 5.56 Å². The molecule has 0 aliphatic rings. The molecule has 0 fully saturated rings. The Hall–Kier alpha value is -1.68. The van der Waals surface area contributed by atoms with Crippen molar-refractivity contribution in [1.82, 2.24) is 0 Å². The minimum atomic E-state index is 0.591. The van der Waals surface area contributed by atoms with Crippen LogP contribution in [0.1, 0.15) is 5.56 Å². The molecule has 0 bridgehead atoms. The third kappa shape index (κ3) is 4.17. The summed E-state index contributed by atoms with van der Waals surface area (Å²) in [7, 11) is 1.67. The van der Waals surface area contributed by atoms with Crippen molar-refractivity contribution in [3.8, 4) is 11.5 Å². The van der Waals surface area contributed by atoms with Crippen molar-refractivity contribution >= 4 is 21.6 Å². The van der Waals surface area contributed by atoms with Crippen LogP contribution in [0, 0.1) is 6.92 Å². The summed E-state index contributed by atoms with van der Waals surface area (Å²) < 4.78 is 12.0. The molecule has 106 valence electrons. The average Bonchev–Trinajstić information content (AvgIpc) is 2.44. The lowest BCUT2D eigenvalue weighted by Crippen LogP contribution is -2.12. The first-order chi connectivity index (χ1) is 9.69. The van der Waals surface area contributed by atoms with Gasteiger partial charge in [-0.1, -0.05) is 28.1 Å². The van der Waals surface area contributed by atoms with Gasteiger partial charge in [0.15, 0.2) is 0 Å². The van der Waals surface area contributed by atoms with Crippen LogP contribution in [0.25, 0.3) is 0 Å². The van der Waals surface area contributed by atoms with Crippen molar-refractivity contribution in [3.63, 3.8) is 0 Å². The van der Waals surface area contributed by atoms with Crippen molar-refractivity contribution in [3.05, 3.63) is 52.5 Å². The molecule has 0 aromatic heterocycles. The second-order valence-corrected chi connectivity index (χ2v) is 5.35. The molecule has 0 unspecified atom stereocenters. The third-order valence-corrected chi connectivity index (χ3v) is 3.33. The number of halogens is 1. The van der Waals surface area contributed by atoms with E-state index in [4.69, 9.17) is 9.47 Å². The van der Waals surface area contributed by atoms with E-state index in [-0.39, 0.29) is 0 Å². The van der Waals surface area contributed by atoms with Gasteiger partial charge < -0.3 is 14.8 Å². The van der Waals surface area contributed by atoms with Gasteiger partial charge in [-0.15, -0.1) is 0 Å². The summed E-state index contributed by atoms with van der Waals surface area (Å²) in [4.78, 5) is 0. The van der Waals surface area contributed by atoms with Gasteiger partial charge in [-0.05, 0) is 42.8 Å². The van der Waals surface area contributed by atoms with Crippen LogP contribution in [0.2, 0.25) is 0 Å². The Morgan fingerprint density at radius 3 is 2.75 bits per heavy atom. The van der Waals surface area contributed by atoms with E-state index in [2.05, 4.69) is 34.2 Å². The molecule has 3 nitrogen and oxygen atoms in total. The predicted molar refractivity (Wildman–Crippen MR) is 85.9 cm³/mol. The van der Waals surface area contributed by atoms with Crippen LogP contribution in [0.15, 0.2) is 46.9 Å². The van der Waals surface area contributed by atoms with Crippen molar-refractivity contribution in [2.45, 2.75) is 6.92 Å². The quantitative estimate of drug-likeness (QED) is 0.800. The summed E-state index contributed by atoms with van der Waals surface area (Å²) in [6.07, 6.45) is 0. The molecule has 0 saturated heterocycles. The minimum Gasteiger partial charge on any atom is -0.495 e. The van der Waals surface area contributed by atoms with Gasteiger partial charge in [0.25, 0.3) is 0 Å². The Morgan fingerprint density at radius 2 is 2.00 bits per heavy atom.